The molecule has 1 atom stereocenters. The van der Waals surface area contributed by atoms with Gasteiger partial charge in [-0.05, 0) is 20.3 Å². The van der Waals surface area contributed by atoms with Crippen LogP contribution < -0.4 is 10.6 Å². The molecule has 0 saturated heterocycles. The van der Waals surface area contributed by atoms with Gasteiger partial charge in [-0.2, -0.15) is 5.10 Å². The topological polar surface area (TPSA) is 110 Å². The van der Waals surface area contributed by atoms with Crippen LogP contribution in [0, 0.1) is 6.92 Å². The third-order valence-corrected chi connectivity index (χ3v) is 4.66. The van der Waals surface area contributed by atoms with Crippen molar-refractivity contribution in [3.8, 4) is 0 Å². The van der Waals surface area contributed by atoms with Crippen molar-refractivity contribution >= 4 is 15.8 Å². The molecule has 0 amide bonds. The molecule has 2 N–H and O–H groups in total. The van der Waals surface area contributed by atoms with Gasteiger partial charge in [0.05, 0.1) is 32.1 Å². The Hall–Kier alpha value is -1.68. The molecule has 1 unspecified atom stereocenters. The van der Waals surface area contributed by atoms with Crippen LogP contribution in [-0.4, -0.2) is 73.5 Å². The number of ether oxygens (including phenoxy) is 1. The summed E-state index contributed by atoms with van der Waals surface area (Å²) in [6.07, 6.45) is 3.08. The molecule has 1 aromatic heterocycles. The van der Waals surface area contributed by atoms with Crippen molar-refractivity contribution < 1.29 is 13.2 Å². The highest BCUT2D eigenvalue weighted by molar-refractivity contribution is 7.90. The number of fused-ring (bicyclic) bond motifs is 1. The minimum atomic E-state index is -2.98. The number of aromatic nitrogens is 3. The Labute approximate surface area is 149 Å². The zero-order valence-electron chi connectivity index (χ0n) is 15.2. The third-order valence-electron chi connectivity index (χ3n) is 3.75. The number of aryl methyl sites for hydroxylation is 2. The molecule has 0 fully saturated rings. The monoisotopic (exact) mass is 372 g/mol. The lowest BCUT2D eigenvalue weighted by atomic mass is 10.1. The molecule has 25 heavy (non-hydrogen) atoms. The Balaban J connectivity index is 1.78. The van der Waals surface area contributed by atoms with Crippen LogP contribution in [0.15, 0.2) is 4.99 Å². The van der Waals surface area contributed by atoms with Gasteiger partial charge in [0, 0.05) is 25.3 Å². The number of hydrogen-bond donors (Lipinski definition) is 2. The molecular formula is C15H28N6O3S. The van der Waals surface area contributed by atoms with Gasteiger partial charge >= 0.3 is 0 Å². The van der Waals surface area contributed by atoms with E-state index in [4.69, 9.17) is 4.74 Å². The maximum atomic E-state index is 11.0. The molecule has 0 aromatic carbocycles. The first-order chi connectivity index (χ1) is 11.9. The smallest absolute Gasteiger partial charge is 0.191 e. The van der Waals surface area contributed by atoms with Crippen molar-refractivity contribution in [2.24, 2.45) is 4.99 Å². The summed E-state index contributed by atoms with van der Waals surface area (Å²) in [4.78, 5) is 8.89. The Morgan fingerprint density at radius 2 is 2.24 bits per heavy atom. The van der Waals surface area contributed by atoms with Gasteiger partial charge in [0.15, 0.2) is 5.96 Å². The minimum absolute atomic E-state index is 0.0385. The zero-order chi connectivity index (χ0) is 18.3. The highest BCUT2D eigenvalue weighted by atomic mass is 32.2. The fourth-order valence-electron chi connectivity index (χ4n) is 2.60. The predicted octanol–water partition coefficient (Wildman–Crippen LogP) is -0.482. The molecule has 2 heterocycles. The standard InChI is InChI=1S/C15H28N6O3S/c1-4-16-15(17-7-8-24-9-10-25(3,22)23)19-13-5-6-14-18-12(2)20-21(14)11-13/h13H,4-11H2,1-3H3,(H2,16,17,19). The highest BCUT2D eigenvalue weighted by Crippen LogP contribution is 2.12. The fourth-order valence-corrected chi connectivity index (χ4v) is 3.02. The summed E-state index contributed by atoms with van der Waals surface area (Å²) < 4.78 is 29.3. The number of nitrogens with one attached hydrogen (secondary N) is 2. The lowest BCUT2D eigenvalue weighted by Crippen LogP contribution is -2.47. The van der Waals surface area contributed by atoms with Crippen LogP contribution in [0.25, 0.3) is 0 Å². The second-order valence-corrected chi connectivity index (χ2v) is 8.40. The summed E-state index contributed by atoms with van der Waals surface area (Å²) in [5.41, 5.74) is 0. The van der Waals surface area contributed by atoms with Gasteiger partial charge in [-0.25, -0.2) is 18.1 Å². The van der Waals surface area contributed by atoms with Crippen LogP contribution in [0.1, 0.15) is 25.0 Å². The summed E-state index contributed by atoms with van der Waals surface area (Å²) in [5.74, 6) is 2.62. The van der Waals surface area contributed by atoms with Crippen molar-refractivity contribution in [3.63, 3.8) is 0 Å². The molecule has 1 aliphatic heterocycles. The van der Waals surface area contributed by atoms with E-state index in [0.29, 0.717) is 13.2 Å². The summed E-state index contributed by atoms with van der Waals surface area (Å²) in [6, 6.07) is 0.248. The van der Waals surface area contributed by atoms with Gasteiger partial charge in [0.25, 0.3) is 0 Å². The molecule has 0 saturated carbocycles. The molecule has 142 valence electrons. The minimum Gasteiger partial charge on any atom is -0.378 e. The predicted molar refractivity (Wildman–Crippen MR) is 96.5 cm³/mol. The van der Waals surface area contributed by atoms with Crippen molar-refractivity contribution in [1.82, 2.24) is 25.4 Å². The molecule has 2 rings (SSSR count). The molecule has 0 bridgehead atoms. The Kier molecular flexibility index (Phi) is 7.18. The number of guanidine groups is 1. The van der Waals surface area contributed by atoms with Crippen molar-refractivity contribution in [2.45, 2.75) is 39.3 Å². The van der Waals surface area contributed by atoms with E-state index >= 15 is 0 Å². The molecule has 1 aliphatic rings. The first-order valence-corrected chi connectivity index (χ1v) is 10.6. The highest BCUT2D eigenvalue weighted by Gasteiger charge is 2.21. The summed E-state index contributed by atoms with van der Waals surface area (Å²) in [7, 11) is -2.98. The van der Waals surface area contributed by atoms with Crippen molar-refractivity contribution in [2.75, 3.05) is 38.3 Å². The maximum Gasteiger partial charge on any atom is 0.191 e. The Morgan fingerprint density at radius 3 is 2.96 bits per heavy atom. The molecule has 10 heteroatoms. The molecular weight excluding hydrogens is 344 g/mol. The van der Waals surface area contributed by atoms with Gasteiger partial charge in [-0.1, -0.05) is 0 Å². The summed E-state index contributed by atoms with van der Waals surface area (Å²) in [5, 5.41) is 11.0. The van der Waals surface area contributed by atoms with E-state index in [1.54, 1.807) is 0 Å². The Bertz CT molecular complexity index is 685. The average Bonchev–Trinajstić information content (AvgIpc) is 2.89. The number of hydrogen-bond acceptors (Lipinski definition) is 6. The van der Waals surface area contributed by atoms with Crippen LogP contribution in [-0.2, 0) is 27.5 Å². The average molecular weight is 372 g/mol. The lowest BCUT2D eigenvalue weighted by molar-refractivity contribution is 0.157. The van der Waals surface area contributed by atoms with E-state index in [-0.39, 0.29) is 18.4 Å². The number of aliphatic imine (C=N–C) groups is 1. The maximum absolute atomic E-state index is 11.0. The van der Waals surface area contributed by atoms with Gasteiger partial charge in [-0.3, -0.25) is 4.99 Å². The van der Waals surface area contributed by atoms with Crippen molar-refractivity contribution in [3.05, 3.63) is 11.6 Å². The zero-order valence-corrected chi connectivity index (χ0v) is 16.0. The van der Waals surface area contributed by atoms with E-state index in [2.05, 4.69) is 25.7 Å². The largest absolute Gasteiger partial charge is 0.378 e. The molecule has 9 nitrogen and oxygen atoms in total. The number of sulfone groups is 1. The van der Waals surface area contributed by atoms with Crippen LogP contribution in [0.3, 0.4) is 0 Å². The van der Waals surface area contributed by atoms with Crippen molar-refractivity contribution in [1.29, 1.82) is 0 Å². The van der Waals surface area contributed by atoms with E-state index in [1.165, 1.54) is 6.26 Å². The van der Waals surface area contributed by atoms with Gasteiger partial charge in [0.1, 0.15) is 21.5 Å². The molecule has 0 spiro atoms. The Morgan fingerprint density at radius 1 is 1.44 bits per heavy atom. The lowest BCUT2D eigenvalue weighted by Gasteiger charge is -2.25. The van der Waals surface area contributed by atoms with E-state index in [1.807, 2.05) is 18.5 Å². The molecule has 0 aliphatic carbocycles. The SMILES string of the molecule is CCNC(=NCCOCCS(C)(=O)=O)NC1CCc2nc(C)nn2C1. The van der Waals surface area contributed by atoms with Gasteiger partial charge in [0.2, 0.25) is 0 Å². The normalized spacial score (nSPS) is 18.0. The van der Waals surface area contributed by atoms with E-state index in [9.17, 15) is 8.42 Å². The van der Waals surface area contributed by atoms with Crippen LogP contribution in [0.2, 0.25) is 0 Å². The van der Waals surface area contributed by atoms with Crippen LogP contribution in [0.5, 0.6) is 0 Å². The number of rotatable bonds is 8. The fraction of sp³-hybridized carbons (Fsp3) is 0.800. The second-order valence-electron chi connectivity index (χ2n) is 6.14. The van der Waals surface area contributed by atoms with Crippen LogP contribution in [0.4, 0.5) is 0 Å². The summed E-state index contributed by atoms with van der Waals surface area (Å²) in [6.45, 7) is 6.52. The summed E-state index contributed by atoms with van der Waals surface area (Å²) >= 11 is 0. The first-order valence-electron chi connectivity index (χ1n) is 8.58. The van der Waals surface area contributed by atoms with Gasteiger partial charge < -0.3 is 15.4 Å². The molecule has 1 aromatic rings. The van der Waals surface area contributed by atoms with Gasteiger partial charge in [-0.15, -0.1) is 0 Å². The van der Waals surface area contributed by atoms with E-state index < -0.39 is 9.84 Å². The first kappa shape index (κ1) is 19.6. The second kappa shape index (κ2) is 9.14. The molecule has 0 radical (unpaired) electrons. The quantitative estimate of drug-likeness (QED) is 0.360. The van der Waals surface area contributed by atoms with E-state index in [0.717, 1.165) is 43.5 Å². The van der Waals surface area contributed by atoms with Crippen LogP contribution >= 0.6 is 0 Å². The third kappa shape index (κ3) is 6.99. The number of nitrogens with zero attached hydrogens (tertiary/aromatic N) is 4.